The average Bonchev–Trinajstić information content (AvgIpc) is 2.76. The smallest absolute Gasteiger partial charge is 0.263 e. The maximum Gasteiger partial charge on any atom is 0.263 e. The highest BCUT2D eigenvalue weighted by Gasteiger charge is 2.23. The van der Waals surface area contributed by atoms with Crippen LogP contribution in [0.25, 0.3) is 0 Å². The molecule has 1 fully saturated rings. The second kappa shape index (κ2) is 5.98. The number of hydrogen-bond acceptors (Lipinski definition) is 3. The molecule has 0 saturated carbocycles. The lowest BCUT2D eigenvalue weighted by molar-refractivity contribution is 0.0696. The predicted octanol–water partition coefficient (Wildman–Crippen LogP) is 2.58. The van der Waals surface area contributed by atoms with Crippen LogP contribution in [0, 0.1) is 5.92 Å². The number of thiophene rings is 1. The minimum Gasteiger partial charge on any atom is -0.338 e. The lowest BCUT2D eigenvalue weighted by Gasteiger charge is -2.31. The molecule has 1 aliphatic heterocycles. The van der Waals surface area contributed by atoms with Gasteiger partial charge in [0.1, 0.15) is 0 Å². The molecule has 0 aliphatic carbocycles. The molecule has 1 saturated heterocycles. The van der Waals surface area contributed by atoms with Crippen LogP contribution in [-0.2, 0) is 0 Å². The van der Waals surface area contributed by atoms with E-state index in [1.165, 1.54) is 11.3 Å². The molecule has 0 radical (unpaired) electrons. The van der Waals surface area contributed by atoms with Crippen molar-refractivity contribution in [3.8, 4) is 0 Å². The molecule has 3 nitrogen and oxygen atoms in total. The van der Waals surface area contributed by atoms with Crippen molar-refractivity contribution in [1.82, 2.24) is 10.2 Å². The van der Waals surface area contributed by atoms with E-state index in [0.29, 0.717) is 0 Å². The highest BCUT2D eigenvalue weighted by molar-refractivity contribution is 9.10. The summed E-state index contributed by atoms with van der Waals surface area (Å²) in [6.45, 7) is 2.84. The first kappa shape index (κ1) is 13.1. The van der Waals surface area contributed by atoms with Gasteiger partial charge >= 0.3 is 0 Å². The van der Waals surface area contributed by atoms with E-state index in [4.69, 9.17) is 0 Å². The Morgan fingerprint density at radius 3 is 2.82 bits per heavy atom. The lowest BCUT2D eigenvalue weighted by atomic mass is 9.97. The summed E-state index contributed by atoms with van der Waals surface area (Å²) in [7, 11) is 1.99. The number of piperidine rings is 1. The Labute approximate surface area is 114 Å². The molecule has 2 rings (SSSR count). The van der Waals surface area contributed by atoms with Gasteiger partial charge in [-0.2, -0.15) is 0 Å². The fourth-order valence-corrected chi connectivity index (χ4v) is 3.60. The maximum atomic E-state index is 12.2. The van der Waals surface area contributed by atoms with Crippen molar-refractivity contribution < 1.29 is 4.79 Å². The summed E-state index contributed by atoms with van der Waals surface area (Å²) in [6, 6.07) is 1.91. The zero-order chi connectivity index (χ0) is 12.3. The minimum absolute atomic E-state index is 0.184. The van der Waals surface area contributed by atoms with Gasteiger partial charge in [0.25, 0.3) is 5.91 Å². The molecule has 0 atom stereocenters. The van der Waals surface area contributed by atoms with Gasteiger partial charge in [-0.3, -0.25) is 4.79 Å². The highest BCUT2D eigenvalue weighted by atomic mass is 79.9. The predicted molar refractivity (Wildman–Crippen MR) is 74.6 cm³/mol. The van der Waals surface area contributed by atoms with Crippen molar-refractivity contribution in [1.29, 1.82) is 0 Å². The van der Waals surface area contributed by atoms with E-state index in [1.54, 1.807) is 0 Å². The molecule has 2 heterocycles. The van der Waals surface area contributed by atoms with Crippen LogP contribution in [0.5, 0.6) is 0 Å². The molecule has 0 unspecified atom stereocenters. The molecule has 1 N–H and O–H groups in total. The standard InChI is InChI=1S/C12H17BrN2OS/c1-14-7-9-2-4-15(5-3-9)12(16)11-6-10(13)8-17-11/h6,8-9,14H,2-5,7H2,1H3. The number of nitrogens with one attached hydrogen (secondary N) is 1. The Balaban J connectivity index is 1.90. The van der Waals surface area contributed by atoms with Gasteiger partial charge in [0.2, 0.25) is 0 Å². The van der Waals surface area contributed by atoms with E-state index >= 15 is 0 Å². The molecule has 1 aromatic heterocycles. The third-order valence-corrected chi connectivity index (χ3v) is 4.85. The van der Waals surface area contributed by atoms with Gasteiger partial charge in [-0.15, -0.1) is 11.3 Å². The normalized spacial score (nSPS) is 17.4. The minimum atomic E-state index is 0.184. The molecule has 0 aromatic carbocycles. The van der Waals surface area contributed by atoms with Gasteiger partial charge < -0.3 is 10.2 Å². The van der Waals surface area contributed by atoms with Crippen LogP contribution in [0.1, 0.15) is 22.5 Å². The Kier molecular flexibility index (Phi) is 4.59. The van der Waals surface area contributed by atoms with Gasteiger partial charge in [0.05, 0.1) is 4.88 Å². The number of nitrogens with zero attached hydrogens (tertiary/aromatic N) is 1. The van der Waals surface area contributed by atoms with E-state index in [1.807, 2.05) is 23.4 Å². The van der Waals surface area contributed by atoms with E-state index in [9.17, 15) is 4.79 Å². The third-order valence-electron chi connectivity index (χ3n) is 3.17. The van der Waals surface area contributed by atoms with Crippen LogP contribution in [-0.4, -0.2) is 37.5 Å². The summed E-state index contributed by atoms with van der Waals surface area (Å²) in [4.78, 5) is 15.0. The van der Waals surface area contributed by atoms with E-state index in [2.05, 4.69) is 21.2 Å². The summed E-state index contributed by atoms with van der Waals surface area (Å²) in [5.41, 5.74) is 0. The number of halogens is 1. The third kappa shape index (κ3) is 3.30. The van der Waals surface area contributed by atoms with Gasteiger partial charge in [0, 0.05) is 22.9 Å². The molecule has 1 aliphatic rings. The monoisotopic (exact) mass is 316 g/mol. The fourth-order valence-electron chi connectivity index (χ4n) is 2.21. The fraction of sp³-hybridized carbons (Fsp3) is 0.583. The molecule has 0 bridgehead atoms. The Morgan fingerprint density at radius 1 is 1.59 bits per heavy atom. The molecule has 1 amide bonds. The lowest BCUT2D eigenvalue weighted by Crippen LogP contribution is -2.40. The number of carbonyl (C=O) groups is 1. The van der Waals surface area contributed by atoms with Crippen LogP contribution in [0.4, 0.5) is 0 Å². The second-order valence-electron chi connectivity index (χ2n) is 4.42. The van der Waals surface area contributed by atoms with Crippen molar-refractivity contribution in [3.63, 3.8) is 0 Å². The summed E-state index contributed by atoms with van der Waals surface area (Å²) in [5.74, 6) is 0.905. The Bertz CT molecular complexity index is 386. The van der Waals surface area contributed by atoms with Crippen LogP contribution >= 0.6 is 27.3 Å². The number of amides is 1. The Morgan fingerprint density at radius 2 is 2.29 bits per heavy atom. The summed E-state index contributed by atoms with van der Waals surface area (Å²) < 4.78 is 0.996. The molecule has 1 aromatic rings. The first-order valence-electron chi connectivity index (χ1n) is 5.88. The Hall–Kier alpha value is -0.390. The number of hydrogen-bond donors (Lipinski definition) is 1. The summed E-state index contributed by atoms with van der Waals surface area (Å²) in [5, 5.41) is 5.17. The van der Waals surface area contributed by atoms with Crippen LogP contribution in [0.15, 0.2) is 15.9 Å². The molecular formula is C12H17BrN2OS. The molecule has 94 valence electrons. The van der Waals surface area contributed by atoms with Crippen LogP contribution in [0.2, 0.25) is 0 Å². The van der Waals surface area contributed by atoms with E-state index in [-0.39, 0.29) is 5.91 Å². The van der Waals surface area contributed by atoms with Crippen molar-refractivity contribution in [2.24, 2.45) is 5.92 Å². The van der Waals surface area contributed by atoms with Gasteiger partial charge in [-0.05, 0) is 54.3 Å². The molecule has 5 heteroatoms. The highest BCUT2D eigenvalue weighted by Crippen LogP contribution is 2.24. The quantitative estimate of drug-likeness (QED) is 0.929. The number of carbonyl (C=O) groups excluding carboxylic acids is 1. The van der Waals surface area contributed by atoms with Gasteiger partial charge in [0.15, 0.2) is 0 Å². The van der Waals surface area contributed by atoms with Gasteiger partial charge in [-0.25, -0.2) is 0 Å². The zero-order valence-corrected chi connectivity index (χ0v) is 12.3. The van der Waals surface area contributed by atoms with Crippen molar-refractivity contribution >= 4 is 33.2 Å². The number of likely N-dealkylation sites (tertiary alicyclic amines) is 1. The molecule has 17 heavy (non-hydrogen) atoms. The molecular weight excluding hydrogens is 300 g/mol. The van der Waals surface area contributed by atoms with Crippen molar-refractivity contribution in [2.45, 2.75) is 12.8 Å². The van der Waals surface area contributed by atoms with Gasteiger partial charge in [-0.1, -0.05) is 0 Å². The van der Waals surface area contributed by atoms with E-state index < -0.39 is 0 Å². The molecule has 0 spiro atoms. The van der Waals surface area contributed by atoms with E-state index in [0.717, 1.165) is 47.7 Å². The first-order valence-corrected chi connectivity index (χ1v) is 7.56. The van der Waals surface area contributed by atoms with Crippen molar-refractivity contribution in [3.05, 3.63) is 20.8 Å². The average molecular weight is 317 g/mol. The summed E-state index contributed by atoms with van der Waals surface area (Å²) in [6.07, 6.45) is 2.22. The SMILES string of the molecule is CNCC1CCN(C(=O)c2cc(Br)cs2)CC1. The maximum absolute atomic E-state index is 12.2. The topological polar surface area (TPSA) is 32.3 Å². The van der Waals surface area contributed by atoms with Crippen LogP contribution < -0.4 is 5.32 Å². The second-order valence-corrected chi connectivity index (χ2v) is 6.25. The summed E-state index contributed by atoms with van der Waals surface area (Å²) >= 11 is 4.90. The first-order chi connectivity index (χ1) is 8.20. The number of rotatable bonds is 3. The zero-order valence-electron chi connectivity index (χ0n) is 9.91. The van der Waals surface area contributed by atoms with Crippen LogP contribution in [0.3, 0.4) is 0 Å². The largest absolute Gasteiger partial charge is 0.338 e. The van der Waals surface area contributed by atoms with Crippen molar-refractivity contribution in [2.75, 3.05) is 26.7 Å².